The fourth-order valence-electron chi connectivity index (χ4n) is 1.59. The van der Waals surface area contributed by atoms with E-state index in [1.165, 1.54) is 18.4 Å². The van der Waals surface area contributed by atoms with Gasteiger partial charge in [0.25, 0.3) is 0 Å². The van der Waals surface area contributed by atoms with Crippen LogP contribution in [0.2, 0.25) is 0 Å². The Hall–Kier alpha value is -0.930. The fraction of sp³-hybridized carbons (Fsp3) is 0.643. The van der Waals surface area contributed by atoms with Crippen LogP contribution in [0.1, 0.15) is 44.9 Å². The third-order valence-electron chi connectivity index (χ3n) is 2.78. The zero-order valence-corrected chi connectivity index (χ0v) is 11.0. The summed E-state index contributed by atoms with van der Waals surface area (Å²) >= 11 is 0. The fourth-order valence-corrected chi connectivity index (χ4v) is 1.59. The van der Waals surface area contributed by atoms with Crippen LogP contribution in [-0.2, 0) is 17.9 Å². The second-order valence-electron chi connectivity index (χ2n) is 5.67. The molecule has 1 saturated carbocycles. The summed E-state index contributed by atoms with van der Waals surface area (Å²) in [7, 11) is 0. The summed E-state index contributed by atoms with van der Waals surface area (Å²) < 4.78 is 5.79. The predicted octanol–water partition coefficient (Wildman–Crippen LogP) is 2.65. The highest BCUT2D eigenvalue weighted by atomic mass is 16.5. The van der Waals surface area contributed by atoms with Gasteiger partial charge in [-0.3, -0.25) is 4.98 Å². The van der Waals surface area contributed by atoms with Crippen molar-refractivity contribution in [3.8, 4) is 0 Å². The van der Waals surface area contributed by atoms with Crippen molar-refractivity contribution in [1.82, 2.24) is 10.3 Å². The van der Waals surface area contributed by atoms with Crippen LogP contribution in [-0.4, -0.2) is 16.6 Å². The molecule has 0 radical (unpaired) electrons. The van der Waals surface area contributed by atoms with E-state index >= 15 is 0 Å². The van der Waals surface area contributed by atoms with Crippen molar-refractivity contribution in [2.24, 2.45) is 0 Å². The molecule has 17 heavy (non-hydrogen) atoms. The van der Waals surface area contributed by atoms with Gasteiger partial charge in [0.1, 0.15) is 0 Å². The van der Waals surface area contributed by atoms with E-state index in [9.17, 15) is 0 Å². The zero-order valence-electron chi connectivity index (χ0n) is 11.0. The number of pyridine rings is 1. The number of nitrogens with zero attached hydrogens (tertiary/aromatic N) is 1. The van der Waals surface area contributed by atoms with Gasteiger partial charge in [0.2, 0.25) is 0 Å². The van der Waals surface area contributed by atoms with Crippen LogP contribution in [0.15, 0.2) is 18.3 Å². The third kappa shape index (κ3) is 4.44. The summed E-state index contributed by atoms with van der Waals surface area (Å²) in [6.45, 7) is 7.70. The maximum absolute atomic E-state index is 5.79. The molecule has 2 rings (SSSR count). The Bertz CT molecular complexity index is 367. The average Bonchev–Trinajstić information content (AvgIpc) is 3.07. The maximum Gasteiger partial charge on any atom is 0.0898 e. The third-order valence-corrected chi connectivity index (χ3v) is 2.78. The molecule has 1 fully saturated rings. The van der Waals surface area contributed by atoms with Gasteiger partial charge in [0.05, 0.1) is 17.9 Å². The second-order valence-corrected chi connectivity index (χ2v) is 5.67. The first-order chi connectivity index (χ1) is 8.04. The van der Waals surface area contributed by atoms with E-state index in [1.807, 2.05) is 12.3 Å². The van der Waals surface area contributed by atoms with Crippen molar-refractivity contribution in [3.05, 3.63) is 29.6 Å². The van der Waals surface area contributed by atoms with Crippen molar-refractivity contribution in [2.45, 2.75) is 58.4 Å². The lowest BCUT2D eigenvalue weighted by atomic mass is 10.1. The molecule has 0 bridgehead atoms. The first-order valence-electron chi connectivity index (χ1n) is 6.35. The molecule has 1 aliphatic rings. The quantitative estimate of drug-likeness (QED) is 0.850. The van der Waals surface area contributed by atoms with Crippen molar-refractivity contribution >= 4 is 0 Å². The van der Waals surface area contributed by atoms with Crippen molar-refractivity contribution < 1.29 is 4.74 Å². The van der Waals surface area contributed by atoms with Crippen LogP contribution in [0.25, 0.3) is 0 Å². The molecular weight excluding hydrogens is 212 g/mol. The second kappa shape index (κ2) is 5.15. The minimum absolute atomic E-state index is 0.112. The molecule has 1 aliphatic carbocycles. The van der Waals surface area contributed by atoms with Gasteiger partial charge in [-0.15, -0.1) is 0 Å². The molecule has 3 nitrogen and oxygen atoms in total. The van der Waals surface area contributed by atoms with E-state index in [0.29, 0.717) is 6.61 Å². The standard InChI is InChI=1S/C14H22N2O/c1-14(2,3)17-10-13-11(5-4-8-15-13)9-16-12-6-7-12/h4-5,8,12,16H,6-7,9-10H2,1-3H3. The number of rotatable bonds is 5. The molecule has 0 atom stereocenters. The van der Waals surface area contributed by atoms with Gasteiger partial charge in [0.15, 0.2) is 0 Å². The number of hydrogen-bond donors (Lipinski definition) is 1. The lowest BCUT2D eigenvalue weighted by molar-refractivity contribution is -0.0168. The Labute approximate surface area is 104 Å². The summed E-state index contributed by atoms with van der Waals surface area (Å²) in [5.41, 5.74) is 2.19. The summed E-state index contributed by atoms with van der Waals surface area (Å²) in [5.74, 6) is 0. The monoisotopic (exact) mass is 234 g/mol. The molecule has 0 amide bonds. The van der Waals surface area contributed by atoms with Gasteiger partial charge in [-0.2, -0.15) is 0 Å². The predicted molar refractivity (Wildman–Crippen MR) is 68.6 cm³/mol. The minimum atomic E-state index is -0.112. The van der Waals surface area contributed by atoms with Gasteiger partial charge >= 0.3 is 0 Å². The van der Waals surface area contributed by atoms with E-state index in [-0.39, 0.29) is 5.60 Å². The zero-order chi connectivity index (χ0) is 12.3. The summed E-state index contributed by atoms with van der Waals surface area (Å²) in [6, 6.07) is 4.85. The Morgan fingerprint density at radius 1 is 1.41 bits per heavy atom. The Balaban J connectivity index is 1.94. The smallest absolute Gasteiger partial charge is 0.0898 e. The maximum atomic E-state index is 5.79. The van der Waals surface area contributed by atoms with Crippen LogP contribution in [0.3, 0.4) is 0 Å². The minimum Gasteiger partial charge on any atom is -0.370 e. The van der Waals surface area contributed by atoms with Gasteiger partial charge in [-0.1, -0.05) is 6.07 Å². The van der Waals surface area contributed by atoms with Crippen molar-refractivity contribution in [1.29, 1.82) is 0 Å². The molecule has 3 heteroatoms. The van der Waals surface area contributed by atoms with Gasteiger partial charge < -0.3 is 10.1 Å². The van der Waals surface area contributed by atoms with E-state index in [2.05, 4.69) is 37.1 Å². The van der Waals surface area contributed by atoms with Gasteiger partial charge in [-0.05, 0) is 45.2 Å². The molecule has 1 aromatic rings. The Morgan fingerprint density at radius 2 is 2.18 bits per heavy atom. The van der Waals surface area contributed by atoms with Crippen LogP contribution >= 0.6 is 0 Å². The first-order valence-corrected chi connectivity index (χ1v) is 6.35. The SMILES string of the molecule is CC(C)(C)OCc1ncccc1CNC1CC1. The Kier molecular flexibility index (Phi) is 3.79. The number of aromatic nitrogens is 1. The largest absolute Gasteiger partial charge is 0.370 e. The molecular formula is C14H22N2O. The average molecular weight is 234 g/mol. The van der Waals surface area contributed by atoms with Crippen molar-refractivity contribution in [3.63, 3.8) is 0 Å². The van der Waals surface area contributed by atoms with E-state index in [4.69, 9.17) is 4.74 Å². The number of ether oxygens (including phenoxy) is 1. The first kappa shape index (κ1) is 12.5. The number of hydrogen-bond acceptors (Lipinski definition) is 3. The van der Waals surface area contributed by atoms with Crippen LogP contribution in [0.5, 0.6) is 0 Å². The molecule has 1 aromatic heterocycles. The van der Waals surface area contributed by atoms with Gasteiger partial charge in [-0.25, -0.2) is 0 Å². The van der Waals surface area contributed by atoms with Gasteiger partial charge in [0, 0.05) is 18.8 Å². The highest BCUT2D eigenvalue weighted by Crippen LogP contribution is 2.20. The molecule has 0 saturated heterocycles. The summed E-state index contributed by atoms with van der Waals surface area (Å²) in [4.78, 5) is 4.42. The molecule has 0 aromatic carbocycles. The summed E-state index contributed by atoms with van der Waals surface area (Å²) in [6.07, 6.45) is 4.46. The van der Waals surface area contributed by atoms with E-state index < -0.39 is 0 Å². The number of nitrogens with one attached hydrogen (secondary N) is 1. The van der Waals surface area contributed by atoms with Crippen molar-refractivity contribution in [2.75, 3.05) is 0 Å². The lowest BCUT2D eigenvalue weighted by Gasteiger charge is -2.20. The molecule has 1 heterocycles. The molecule has 0 spiro atoms. The molecule has 0 aliphatic heterocycles. The van der Waals surface area contributed by atoms with Crippen LogP contribution in [0.4, 0.5) is 0 Å². The molecule has 1 N–H and O–H groups in total. The topological polar surface area (TPSA) is 34.1 Å². The van der Waals surface area contributed by atoms with E-state index in [0.717, 1.165) is 18.3 Å². The molecule has 0 unspecified atom stereocenters. The molecule has 94 valence electrons. The van der Waals surface area contributed by atoms with Crippen LogP contribution in [0, 0.1) is 0 Å². The lowest BCUT2D eigenvalue weighted by Crippen LogP contribution is -2.21. The highest BCUT2D eigenvalue weighted by molar-refractivity contribution is 5.19. The highest BCUT2D eigenvalue weighted by Gasteiger charge is 2.20. The Morgan fingerprint density at radius 3 is 2.82 bits per heavy atom. The van der Waals surface area contributed by atoms with Crippen LogP contribution < -0.4 is 5.32 Å². The van der Waals surface area contributed by atoms with E-state index in [1.54, 1.807) is 0 Å². The normalized spacial score (nSPS) is 16.2. The summed E-state index contributed by atoms with van der Waals surface area (Å²) in [5, 5.41) is 3.51.